The summed E-state index contributed by atoms with van der Waals surface area (Å²) >= 11 is 0. The highest BCUT2D eigenvalue weighted by Gasteiger charge is 2.10. The van der Waals surface area contributed by atoms with Crippen LogP contribution in [0.25, 0.3) is 0 Å². The summed E-state index contributed by atoms with van der Waals surface area (Å²) in [7, 11) is 3.23. The molecule has 5 nitrogen and oxygen atoms in total. The quantitative estimate of drug-likeness (QED) is 0.890. The number of benzene rings is 1. The molecule has 1 N–H and O–H groups in total. The summed E-state index contributed by atoms with van der Waals surface area (Å²) in [6, 6.07) is 9.15. The van der Waals surface area contributed by atoms with Crippen LogP contribution in [0.1, 0.15) is 21.6 Å². The van der Waals surface area contributed by atoms with Crippen molar-refractivity contribution in [2.24, 2.45) is 0 Å². The minimum Gasteiger partial charge on any atom is -0.493 e. The number of nitrogens with one attached hydrogen (secondary N) is 1. The Labute approximate surface area is 130 Å². The van der Waals surface area contributed by atoms with E-state index in [1.807, 2.05) is 19.1 Å². The molecule has 2 aromatic rings. The lowest BCUT2D eigenvalue weighted by Crippen LogP contribution is -2.26. The Morgan fingerprint density at radius 3 is 2.55 bits per heavy atom. The molecule has 1 aromatic carbocycles. The van der Waals surface area contributed by atoms with E-state index in [0.29, 0.717) is 30.2 Å². The Bertz CT molecular complexity index is 642. The molecule has 0 unspecified atom stereocenters. The van der Waals surface area contributed by atoms with Crippen LogP contribution in [0.4, 0.5) is 0 Å². The molecular formula is C17H20N2O3. The van der Waals surface area contributed by atoms with Gasteiger partial charge in [-0.15, -0.1) is 0 Å². The summed E-state index contributed by atoms with van der Waals surface area (Å²) in [4.78, 5) is 15.9. The third kappa shape index (κ3) is 3.75. The fraction of sp³-hybridized carbons (Fsp3) is 0.294. The minimum atomic E-state index is -0.168. The summed E-state index contributed by atoms with van der Waals surface area (Å²) in [6.45, 7) is 2.55. The van der Waals surface area contributed by atoms with Gasteiger partial charge in [-0.1, -0.05) is 6.07 Å². The van der Waals surface area contributed by atoms with Crippen LogP contribution in [0.5, 0.6) is 11.5 Å². The largest absolute Gasteiger partial charge is 0.493 e. The smallest absolute Gasteiger partial charge is 0.269 e. The van der Waals surface area contributed by atoms with Gasteiger partial charge in [0.25, 0.3) is 5.91 Å². The third-order valence-electron chi connectivity index (χ3n) is 3.42. The van der Waals surface area contributed by atoms with Crippen LogP contribution in [0, 0.1) is 6.92 Å². The molecule has 0 aliphatic carbocycles. The number of hydrogen-bond donors (Lipinski definition) is 1. The van der Waals surface area contributed by atoms with Crippen molar-refractivity contribution in [2.75, 3.05) is 20.8 Å². The average molecular weight is 300 g/mol. The lowest BCUT2D eigenvalue weighted by molar-refractivity contribution is 0.0949. The predicted molar refractivity (Wildman–Crippen MR) is 84.6 cm³/mol. The van der Waals surface area contributed by atoms with Gasteiger partial charge in [0.05, 0.1) is 14.2 Å². The van der Waals surface area contributed by atoms with E-state index in [0.717, 1.165) is 11.1 Å². The van der Waals surface area contributed by atoms with Crippen molar-refractivity contribution in [2.45, 2.75) is 13.3 Å². The first-order chi connectivity index (χ1) is 10.7. The molecule has 0 saturated heterocycles. The van der Waals surface area contributed by atoms with E-state index in [4.69, 9.17) is 9.47 Å². The molecule has 0 radical (unpaired) electrons. The molecule has 0 atom stereocenters. The van der Waals surface area contributed by atoms with Gasteiger partial charge in [0.15, 0.2) is 11.5 Å². The number of carbonyl (C=O) groups excluding carboxylic acids is 1. The first-order valence-electron chi connectivity index (χ1n) is 7.06. The van der Waals surface area contributed by atoms with Gasteiger partial charge >= 0.3 is 0 Å². The summed E-state index contributed by atoms with van der Waals surface area (Å²) in [6.07, 6.45) is 2.32. The van der Waals surface area contributed by atoms with Crippen molar-refractivity contribution >= 4 is 5.91 Å². The van der Waals surface area contributed by atoms with Crippen LogP contribution >= 0.6 is 0 Å². The number of pyridine rings is 1. The molecule has 5 heteroatoms. The van der Waals surface area contributed by atoms with Gasteiger partial charge in [-0.2, -0.15) is 0 Å². The Hall–Kier alpha value is -2.56. The van der Waals surface area contributed by atoms with Gasteiger partial charge in [0.1, 0.15) is 5.69 Å². The summed E-state index contributed by atoms with van der Waals surface area (Å²) in [5, 5.41) is 2.87. The van der Waals surface area contributed by atoms with Crippen molar-refractivity contribution in [3.05, 3.63) is 53.3 Å². The number of hydrogen-bond acceptors (Lipinski definition) is 4. The third-order valence-corrected chi connectivity index (χ3v) is 3.42. The zero-order chi connectivity index (χ0) is 15.9. The maximum atomic E-state index is 11.9. The second kappa shape index (κ2) is 7.45. The molecule has 1 aromatic heterocycles. The van der Waals surface area contributed by atoms with E-state index in [9.17, 15) is 4.79 Å². The summed E-state index contributed by atoms with van der Waals surface area (Å²) < 4.78 is 10.6. The van der Waals surface area contributed by atoms with E-state index in [-0.39, 0.29) is 5.91 Å². The Morgan fingerprint density at radius 2 is 1.91 bits per heavy atom. The van der Waals surface area contributed by atoms with Crippen LogP contribution in [-0.2, 0) is 6.42 Å². The topological polar surface area (TPSA) is 60.5 Å². The highest BCUT2D eigenvalue weighted by Crippen LogP contribution is 2.30. The Kier molecular flexibility index (Phi) is 5.36. The lowest BCUT2D eigenvalue weighted by Gasteiger charge is -2.13. The first-order valence-corrected chi connectivity index (χ1v) is 7.06. The van der Waals surface area contributed by atoms with Gasteiger partial charge in [-0.3, -0.25) is 9.78 Å². The van der Waals surface area contributed by atoms with E-state index >= 15 is 0 Å². The van der Waals surface area contributed by atoms with E-state index in [2.05, 4.69) is 10.3 Å². The highest BCUT2D eigenvalue weighted by atomic mass is 16.5. The second-order valence-corrected chi connectivity index (χ2v) is 4.85. The molecule has 0 aliphatic heterocycles. The fourth-order valence-corrected chi connectivity index (χ4v) is 2.19. The van der Waals surface area contributed by atoms with Crippen LogP contribution in [0.3, 0.4) is 0 Å². The number of aryl methyl sites for hydroxylation is 1. The van der Waals surface area contributed by atoms with Crippen LogP contribution in [0.15, 0.2) is 36.5 Å². The normalized spacial score (nSPS) is 10.1. The molecule has 1 amide bonds. The summed E-state index contributed by atoms with van der Waals surface area (Å²) in [5.41, 5.74) is 2.63. The molecule has 0 spiro atoms. The van der Waals surface area contributed by atoms with Crippen LogP contribution in [0.2, 0.25) is 0 Å². The summed E-state index contributed by atoms with van der Waals surface area (Å²) in [5.74, 6) is 1.24. The van der Waals surface area contributed by atoms with E-state index in [1.54, 1.807) is 38.6 Å². The zero-order valence-corrected chi connectivity index (χ0v) is 13.1. The Balaban J connectivity index is 1.98. The maximum Gasteiger partial charge on any atom is 0.269 e. The number of aromatic nitrogens is 1. The van der Waals surface area contributed by atoms with E-state index in [1.165, 1.54) is 0 Å². The molecule has 2 rings (SSSR count). The van der Waals surface area contributed by atoms with Crippen LogP contribution in [-0.4, -0.2) is 31.7 Å². The maximum absolute atomic E-state index is 11.9. The number of nitrogens with zero attached hydrogens (tertiary/aromatic N) is 1. The Morgan fingerprint density at radius 1 is 1.18 bits per heavy atom. The molecule has 116 valence electrons. The van der Waals surface area contributed by atoms with Gasteiger partial charge in [-0.05, 0) is 48.7 Å². The molecular weight excluding hydrogens is 280 g/mol. The monoisotopic (exact) mass is 300 g/mol. The van der Waals surface area contributed by atoms with Crippen molar-refractivity contribution in [3.63, 3.8) is 0 Å². The first kappa shape index (κ1) is 15.8. The molecule has 22 heavy (non-hydrogen) atoms. The SMILES string of the molecule is COc1cc(C)c(CCNC(=O)c2ccccn2)cc1OC. The fourth-order valence-electron chi connectivity index (χ4n) is 2.19. The van der Waals surface area contributed by atoms with Crippen molar-refractivity contribution in [3.8, 4) is 11.5 Å². The number of ether oxygens (including phenoxy) is 2. The number of methoxy groups -OCH3 is 2. The predicted octanol–water partition coefficient (Wildman–Crippen LogP) is 2.38. The van der Waals surface area contributed by atoms with Crippen molar-refractivity contribution in [1.82, 2.24) is 10.3 Å². The highest BCUT2D eigenvalue weighted by molar-refractivity contribution is 5.92. The number of carbonyl (C=O) groups is 1. The van der Waals surface area contributed by atoms with E-state index < -0.39 is 0 Å². The van der Waals surface area contributed by atoms with Crippen LogP contribution < -0.4 is 14.8 Å². The minimum absolute atomic E-state index is 0.168. The lowest BCUT2D eigenvalue weighted by atomic mass is 10.0. The molecule has 0 fully saturated rings. The van der Waals surface area contributed by atoms with Gasteiger partial charge in [0.2, 0.25) is 0 Å². The molecule has 0 saturated carbocycles. The zero-order valence-electron chi connectivity index (χ0n) is 13.1. The van der Waals surface area contributed by atoms with Gasteiger partial charge in [-0.25, -0.2) is 0 Å². The number of rotatable bonds is 6. The number of amides is 1. The molecule has 1 heterocycles. The van der Waals surface area contributed by atoms with Crippen molar-refractivity contribution < 1.29 is 14.3 Å². The van der Waals surface area contributed by atoms with Crippen molar-refractivity contribution in [1.29, 1.82) is 0 Å². The standard InChI is InChI=1S/C17H20N2O3/c1-12-10-15(21-2)16(22-3)11-13(12)7-9-19-17(20)14-6-4-5-8-18-14/h4-6,8,10-11H,7,9H2,1-3H3,(H,19,20). The molecule has 0 bridgehead atoms. The average Bonchev–Trinajstić information content (AvgIpc) is 2.56. The second-order valence-electron chi connectivity index (χ2n) is 4.85. The van der Waals surface area contributed by atoms with Gasteiger partial charge < -0.3 is 14.8 Å². The van der Waals surface area contributed by atoms with Gasteiger partial charge in [0, 0.05) is 12.7 Å². The molecule has 0 aliphatic rings.